The Hall–Kier alpha value is -3.88. The summed E-state index contributed by atoms with van der Waals surface area (Å²) in [5, 5.41) is 12.4. The third-order valence-electron chi connectivity index (χ3n) is 4.88. The van der Waals surface area contributed by atoms with Gasteiger partial charge < -0.3 is 9.47 Å². The van der Waals surface area contributed by atoms with Crippen molar-refractivity contribution in [2.45, 2.75) is 0 Å². The summed E-state index contributed by atoms with van der Waals surface area (Å²) in [6.07, 6.45) is 1.78. The summed E-state index contributed by atoms with van der Waals surface area (Å²) in [6.45, 7) is 0. The Labute approximate surface area is 185 Å². The number of allylic oxidation sites excluding steroid dienone is 1. The lowest BCUT2D eigenvalue weighted by Gasteiger charge is -2.07. The molecule has 5 heteroatoms. The zero-order valence-corrected chi connectivity index (χ0v) is 18.0. The number of nitriles is 1. The summed E-state index contributed by atoms with van der Waals surface area (Å²) in [5.41, 5.74) is 5.43. The van der Waals surface area contributed by atoms with Gasteiger partial charge in [-0.15, -0.1) is 11.3 Å². The number of hydrogen-bond acceptors (Lipinski definition) is 5. The Bertz CT molecular complexity index is 1250. The minimum atomic E-state index is 0.476. The van der Waals surface area contributed by atoms with Gasteiger partial charge in [-0.25, -0.2) is 4.98 Å². The molecule has 4 aromatic rings. The van der Waals surface area contributed by atoms with Crippen LogP contribution in [-0.2, 0) is 0 Å². The van der Waals surface area contributed by atoms with E-state index in [1.165, 1.54) is 16.9 Å². The van der Waals surface area contributed by atoms with E-state index in [4.69, 9.17) is 14.5 Å². The topological polar surface area (TPSA) is 55.1 Å². The van der Waals surface area contributed by atoms with Crippen LogP contribution in [0.1, 0.15) is 10.6 Å². The van der Waals surface area contributed by atoms with Crippen LogP contribution in [0.25, 0.3) is 34.0 Å². The zero-order chi connectivity index (χ0) is 21.6. The summed E-state index contributed by atoms with van der Waals surface area (Å²) in [7, 11) is 3.21. The second-order valence-corrected chi connectivity index (χ2v) is 7.62. The van der Waals surface area contributed by atoms with Crippen LogP contribution in [-0.4, -0.2) is 19.2 Å². The number of benzene rings is 3. The first-order valence-corrected chi connectivity index (χ1v) is 10.6. The molecule has 0 saturated carbocycles. The van der Waals surface area contributed by atoms with Crippen LogP contribution >= 0.6 is 11.3 Å². The van der Waals surface area contributed by atoms with Crippen molar-refractivity contribution in [1.82, 2.24) is 4.98 Å². The average Bonchev–Trinajstić information content (AvgIpc) is 3.33. The minimum absolute atomic E-state index is 0.476. The second kappa shape index (κ2) is 9.29. The summed E-state index contributed by atoms with van der Waals surface area (Å²) < 4.78 is 10.7. The lowest BCUT2D eigenvalue weighted by molar-refractivity contribution is 0.402. The molecule has 0 amide bonds. The standard InChI is InChI=1S/C26H20N2O2S/c1-29-23-12-13-25(30-2)21(15-23)14-22(16-27)26-28-24(17-31-26)20-10-8-19(9-11-20)18-6-4-3-5-7-18/h3-15,17H,1-2H3/b22-14+. The second-order valence-electron chi connectivity index (χ2n) is 6.76. The van der Waals surface area contributed by atoms with E-state index >= 15 is 0 Å². The molecule has 152 valence electrons. The molecule has 1 aromatic heterocycles. The quantitative estimate of drug-likeness (QED) is 0.329. The molecule has 0 spiro atoms. The Morgan fingerprint density at radius 1 is 0.903 bits per heavy atom. The fourth-order valence-electron chi connectivity index (χ4n) is 3.24. The maximum atomic E-state index is 9.75. The fourth-order valence-corrected chi connectivity index (χ4v) is 4.04. The van der Waals surface area contributed by atoms with Crippen LogP contribution in [0.3, 0.4) is 0 Å². The van der Waals surface area contributed by atoms with Gasteiger partial charge in [0.25, 0.3) is 0 Å². The molecule has 0 aliphatic carbocycles. The third-order valence-corrected chi connectivity index (χ3v) is 5.76. The van der Waals surface area contributed by atoms with Crippen molar-refractivity contribution >= 4 is 23.0 Å². The highest BCUT2D eigenvalue weighted by Crippen LogP contribution is 2.31. The Kier molecular flexibility index (Phi) is 6.11. The van der Waals surface area contributed by atoms with Crippen molar-refractivity contribution < 1.29 is 9.47 Å². The molecular weight excluding hydrogens is 404 g/mol. The molecule has 1 heterocycles. The van der Waals surface area contributed by atoms with Crippen LogP contribution in [0.15, 0.2) is 78.2 Å². The zero-order valence-electron chi connectivity index (χ0n) is 17.2. The SMILES string of the molecule is COc1ccc(OC)c(/C=C(\C#N)c2nc(-c3ccc(-c4ccccc4)cc3)cs2)c1. The number of hydrogen-bond donors (Lipinski definition) is 0. The molecule has 0 bridgehead atoms. The lowest BCUT2D eigenvalue weighted by atomic mass is 10.0. The van der Waals surface area contributed by atoms with E-state index in [9.17, 15) is 5.26 Å². The number of rotatable bonds is 6. The van der Waals surface area contributed by atoms with Crippen molar-refractivity contribution in [3.8, 4) is 40.0 Å². The van der Waals surface area contributed by atoms with Crippen molar-refractivity contribution in [2.75, 3.05) is 14.2 Å². The molecule has 0 aliphatic heterocycles. The maximum absolute atomic E-state index is 9.75. The van der Waals surface area contributed by atoms with Gasteiger partial charge in [0.2, 0.25) is 0 Å². The molecule has 4 rings (SSSR count). The molecule has 31 heavy (non-hydrogen) atoms. The first kappa shape index (κ1) is 20.4. The summed E-state index contributed by atoms with van der Waals surface area (Å²) >= 11 is 1.45. The fraction of sp³-hybridized carbons (Fsp3) is 0.0769. The Balaban J connectivity index is 1.63. The van der Waals surface area contributed by atoms with Gasteiger partial charge in [0, 0.05) is 16.5 Å². The van der Waals surface area contributed by atoms with Gasteiger partial charge in [-0.3, -0.25) is 0 Å². The van der Waals surface area contributed by atoms with Crippen LogP contribution < -0.4 is 9.47 Å². The van der Waals surface area contributed by atoms with Gasteiger partial charge in [-0.2, -0.15) is 5.26 Å². The van der Waals surface area contributed by atoms with Crippen molar-refractivity contribution in [1.29, 1.82) is 5.26 Å². The van der Waals surface area contributed by atoms with E-state index in [0.717, 1.165) is 22.4 Å². The van der Waals surface area contributed by atoms with Crippen LogP contribution in [0.2, 0.25) is 0 Å². The van der Waals surface area contributed by atoms with Gasteiger partial charge >= 0.3 is 0 Å². The predicted octanol–water partition coefficient (Wildman–Crippen LogP) is 6.56. The average molecular weight is 425 g/mol. The minimum Gasteiger partial charge on any atom is -0.497 e. The summed E-state index contributed by atoms with van der Waals surface area (Å²) in [5.74, 6) is 1.37. The maximum Gasteiger partial charge on any atom is 0.134 e. The predicted molar refractivity (Wildman–Crippen MR) is 126 cm³/mol. The Morgan fingerprint density at radius 3 is 2.29 bits per heavy atom. The molecule has 0 fully saturated rings. The van der Waals surface area contributed by atoms with Gasteiger partial charge in [0.15, 0.2) is 0 Å². The number of aromatic nitrogens is 1. The van der Waals surface area contributed by atoms with Crippen LogP contribution in [0.5, 0.6) is 11.5 Å². The van der Waals surface area contributed by atoms with Crippen molar-refractivity contribution in [3.05, 3.63) is 88.7 Å². The van der Waals surface area contributed by atoms with E-state index in [2.05, 4.69) is 42.5 Å². The normalized spacial score (nSPS) is 11.1. The highest BCUT2D eigenvalue weighted by molar-refractivity contribution is 7.11. The van der Waals surface area contributed by atoms with Crippen LogP contribution in [0.4, 0.5) is 0 Å². The largest absolute Gasteiger partial charge is 0.497 e. The molecule has 0 unspecified atom stereocenters. The van der Waals surface area contributed by atoms with Gasteiger partial charge in [-0.05, 0) is 35.4 Å². The Morgan fingerprint density at radius 2 is 1.61 bits per heavy atom. The highest BCUT2D eigenvalue weighted by atomic mass is 32.1. The van der Waals surface area contributed by atoms with Gasteiger partial charge in [0.1, 0.15) is 22.6 Å². The van der Waals surface area contributed by atoms with E-state index in [0.29, 0.717) is 22.1 Å². The van der Waals surface area contributed by atoms with E-state index in [1.54, 1.807) is 20.3 Å². The van der Waals surface area contributed by atoms with Gasteiger partial charge in [-0.1, -0.05) is 54.6 Å². The first-order chi connectivity index (χ1) is 15.2. The summed E-state index contributed by atoms with van der Waals surface area (Å²) in [4.78, 5) is 4.70. The van der Waals surface area contributed by atoms with Crippen molar-refractivity contribution in [3.63, 3.8) is 0 Å². The molecule has 3 aromatic carbocycles. The number of thiazole rings is 1. The number of nitrogens with zero attached hydrogens (tertiary/aromatic N) is 2. The molecular formula is C26H20N2O2S. The molecule has 0 saturated heterocycles. The molecule has 0 atom stereocenters. The number of ether oxygens (including phenoxy) is 2. The lowest BCUT2D eigenvalue weighted by Crippen LogP contribution is -1.90. The monoisotopic (exact) mass is 424 g/mol. The molecule has 0 N–H and O–H groups in total. The smallest absolute Gasteiger partial charge is 0.134 e. The molecule has 4 nitrogen and oxygen atoms in total. The van der Waals surface area contributed by atoms with E-state index in [-0.39, 0.29) is 0 Å². The first-order valence-electron chi connectivity index (χ1n) is 9.67. The highest BCUT2D eigenvalue weighted by Gasteiger charge is 2.11. The molecule has 0 radical (unpaired) electrons. The third kappa shape index (κ3) is 4.50. The van der Waals surface area contributed by atoms with Gasteiger partial charge in [0.05, 0.1) is 25.5 Å². The molecule has 0 aliphatic rings. The van der Waals surface area contributed by atoms with E-state index < -0.39 is 0 Å². The number of methoxy groups -OCH3 is 2. The van der Waals surface area contributed by atoms with Crippen molar-refractivity contribution in [2.24, 2.45) is 0 Å². The van der Waals surface area contributed by atoms with Crippen LogP contribution in [0, 0.1) is 11.3 Å². The summed E-state index contributed by atoms with van der Waals surface area (Å²) in [6, 6.07) is 26.3. The van der Waals surface area contributed by atoms with E-state index in [1.807, 2.05) is 41.8 Å².